The lowest BCUT2D eigenvalue weighted by atomic mass is 10.1. The summed E-state index contributed by atoms with van der Waals surface area (Å²) in [6, 6.07) is 12.0. The molecule has 0 fully saturated rings. The third kappa shape index (κ3) is 0.944. The van der Waals surface area contributed by atoms with Gasteiger partial charge in [0, 0.05) is 11.1 Å². The van der Waals surface area contributed by atoms with Crippen LogP contribution in [0.5, 0.6) is 0 Å². The van der Waals surface area contributed by atoms with Gasteiger partial charge in [-0.3, -0.25) is 0 Å². The van der Waals surface area contributed by atoms with E-state index in [2.05, 4.69) is 6.92 Å². The smallest absolute Gasteiger partial charge is 0.0426 e. The van der Waals surface area contributed by atoms with Crippen LogP contribution in [-0.2, 0) is 0 Å². The minimum Gasteiger partial charge on any atom is -0.398 e. The van der Waals surface area contributed by atoms with E-state index < -0.39 is 0 Å². The summed E-state index contributed by atoms with van der Waals surface area (Å²) in [5, 5.41) is 2.26. The van der Waals surface area contributed by atoms with Crippen molar-refractivity contribution in [1.29, 1.82) is 0 Å². The van der Waals surface area contributed by atoms with Gasteiger partial charge in [0.2, 0.25) is 0 Å². The second kappa shape index (κ2) is 2.52. The zero-order valence-corrected chi connectivity index (χ0v) is 6.75. The highest BCUT2D eigenvalue weighted by Crippen LogP contribution is 2.23. The average Bonchev–Trinajstić information content (AvgIpc) is 2.12. The van der Waals surface area contributed by atoms with Gasteiger partial charge in [-0.2, -0.15) is 0 Å². The Morgan fingerprint density at radius 2 is 1.75 bits per heavy atom. The molecule has 59 valence electrons. The fourth-order valence-corrected chi connectivity index (χ4v) is 1.34. The Balaban J connectivity index is 2.91. The van der Waals surface area contributed by atoms with Crippen LogP contribution in [0.4, 0.5) is 5.69 Å². The van der Waals surface area contributed by atoms with Crippen LogP contribution < -0.4 is 5.73 Å². The molecule has 12 heavy (non-hydrogen) atoms. The molecule has 2 N–H and O–H groups in total. The van der Waals surface area contributed by atoms with Crippen molar-refractivity contribution in [2.24, 2.45) is 0 Å². The quantitative estimate of drug-likeness (QED) is 0.583. The molecule has 0 saturated carbocycles. The largest absolute Gasteiger partial charge is 0.398 e. The number of rotatable bonds is 0. The van der Waals surface area contributed by atoms with Gasteiger partial charge in [-0.1, -0.05) is 36.4 Å². The Labute approximate surface area is 71.8 Å². The Morgan fingerprint density at radius 1 is 1.00 bits per heavy atom. The molecule has 0 unspecified atom stereocenters. The zero-order chi connectivity index (χ0) is 8.55. The molecule has 0 amide bonds. The lowest BCUT2D eigenvalue weighted by Crippen LogP contribution is -1.90. The topological polar surface area (TPSA) is 26.0 Å². The van der Waals surface area contributed by atoms with E-state index in [1.807, 2.05) is 36.4 Å². The first-order chi connectivity index (χ1) is 5.79. The highest BCUT2D eigenvalue weighted by molar-refractivity contribution is 5.94. The normalized spacial score (nSPS) is 10.4. The molecule has 0 spiro atoms. The molecule has 2 aromatic rings. The summed E-state index contributed by atoms with van der Waals surface area (Å²) >= 11 is 0. The molecule has 0 aliphatic rings. The number of nitrogens with two attached hydrogens (primary N) is 1. The molecule has 1 heteroatoms. The molecule has 0 bridgehead atoms. The van der Waals surface area contributed by atoms with Gasteiger partial charge < -0.3 is 5.73 Å². The number of fused-ring (bicyclic) bond motifs is 1. The second-order valence-electron chi connectivity index (χ2n) is 2.86. The van der Waals surface area contributed by atoms with Gasteiger partial charge >= 0.3 is 0 Å². The third-order valence-electron chi connectivity index (χ3n) is 2.06. The van der Waals surface area contributed by atoms with Crippen LogP contribution in [0.2, 0.25) is 0 Å². The molecule has 2 rings (SSSR count). The SMILES string of the molecule is [CH2]c1ccc2ccccc2c1N. The predicted octanol–water partition coefficient (Wildman–Crippen LogP) is 2.60. The van der Waals surface area contributed by atoms with Gasteiger partial charge in [0.15, 0.2) is 0 Å². The van der Waals surface area contributed by atoms with Gasteiger partial charge in [0.25, 0.3) is 0 Å². The number of benzene rings is 2. The lowest BCUT2D eigenvalue weighted by Gasteiger charge is -2.03. The Kier molecular flexibility index (Phi) is 1.51. The maximum atomic E-state index is 5.86. The fraction of sp³-hybridized carbons (Fsp3) is 0. The van der Waals surface area contributed by atoms with Crippen molar-refractivity contribution < 1.29 is 0 Å². The van der Waals surface area contributed by atoms with Crippen LogP contribution in [0.25, 0.3) is 10.8 Å². The summed E-state index contributed by atoms with van der Waals surface area (Å²) in [7, 11) is 0. The van der Waals surface area contributed by atoms with Gasteiger partial charge in [0.05, 0.1) is 0 Å². The Hall–Kier alpha value is -1.50. The summed E-state index contributed by atoms with van der Waals surface area (Å²) in [6.07, 6.45) is 0. The van der Waals surface area contributed by atoms with E-state index >= 15 is 0 Å². The van der Waals surface area contributed by atoms with Gasteiger partial charge in [-0.25, -0.2) is 0 Å². The molecule has 0 saturated heterocycles. The number of nitrogen functional groups attached to an aromatic ring is 1. The highest BCUT2D eigenvalue weighted by Gasteiger charge is 1.98. The summed E-state index contributed by atoms with van der Waals surface area (Å²) in [5.74, 6) is 0. The van der Waals surface area contributed by atoms with E-state index in [4.69, 9.17) is 5.73 Å². The first kappa shape index (κ1) is 7.17. The first-order valence-corrected chi connectivity index (χ1v) is 3.88. The molecule has 2 aromatic carbocycles. The second-order valence-corrected chi connectivity index (χ2v) is 2.86. The Morgan fingerprint density at radius 3 is 2.58 bits per heavy atom. The predicted molar refractivity (Wildman–Crippen MR) is 52.8 cm³/mol. The van der Waals surface area contributed by atoms with E-state index in [1.54, 1.807) is 0 Å². The molecule has 1 radical (unpaired) electrons. The van der Waals surface area contributed by atoms with Gasteiger partial charge in [-0.15, -0.1) is 0 Å². The molecule has 0 heterocycles. The summed E-state index contributed by atoms with van der Waals surface area (Å²) < 4.78 is 0. The summed E-state index contributed by atoms with van der Waals surface area (Å²) in [5.41, 5.74) is 7.54. The first-order valence-electron chi connectivity index (χ1n) is 3.88. The van der Waals surface area contributed by atoms with Crippen molar-refractivity contribution in [3.05, 3.63) is 48.9 Å². The van der Waals surface area contributed by atoms with Crippen LogP contribution in [0, 0.1) is 6.92 Å². The molecule has 1 nitrogen and oxygen atoms in total. The van der Waals surface area contributed by atoms with Crippen LogP contribution in [0.3, 0.4) is 0 Å². The van der Waals surface area contributed by atoms with E-state index in [9.17, 15) is 0 Å². The lowest BCUT2D eigenvalue weighted by molar-refractivity contribution is 1.65. The van der Waals surface area contributed by atoms with Crippen LogP contribution in [-0.4, -0.2) is 0 Å². The number of anilines is 1. The molecule has 0 aliphatic carbocycles. The van der Waals surface area contributed by atoms with E-state index in [1.165, 1.54) is 5.39 Å². The minimum absolute atomic E-state index is 0.785. The molecule has 0 aromatic heterocycles. The van der Waals surface area contributed by atoms with Gasteiger partial charge in [-0.05, 0) is 17.9 Å². The fourth-order valence-electron chi connectivity index (χ4n) is 1.34. The zero-order valence-electron chi connectivity index (χ0n) is 6.75. The van der Waals surface area contributed by atoms with Crippen molar-refractivity contribution in [2.45, 2.75) is 0 Å². The number of hydrogen-bond acceptors (Lipinski definition) is 1. The Bertz CT molecular complexity index is 418. The molecule has 0 aliphatic heterocycles. The van der Waals surface area contributed by atoms with E-state index in [0.29, 0.717) is 0 Å². The third-order valence-corrected chi connectivity index (χ3v) is 2.06. The van der Waals surface area contributed by atoms with Crippen molar-refractivity contribution in [3.63, 3.8) is 0 Å². The van der Waals surface area contributed by atoms with E-state index in [0.717, 1.165) is 16.6 Å². The van der Waals surface area contributed by atoms with Gasteiger partial charge in [0.1, 0.15) is 0 Å². The standard InChI is InChI=1S/C11H10N/c1-8-6-7-9-4-2-3-5-10(9)11(8)12/h2-7H,1,12H2. The maximum Gasteiger partial charge on any atom is 0.0426 e. The molecule has 0 atom stereocenters. The maximum absolute atomic E-state index is 5.86. The average molecular weight is 156 g/mol. The van der Waals surface area contributed by atoms with Crippen molar-refractivity contribution >= 4 is 16.5 Å². The molecular formula is C11H10N. The van der Waals surface area contributed by atoms with Crippen molar-refractivity contribution in [3.8, 4) is 0 Å². The summed E-state index contributed by atoms with van der Waals surface area (Å²) in [4.78, 5) is 0. The highest BCUT2D eigenvalue weighted by atomic mass is 14.6. The van der Waals surface area contributed by atoms with E-state index in [-0.39, 0.29) is 0 Å². The minimum atomic E-state index is 0.785. The van der Waals surface area contributed by atoms with Crippen LogP contribution >= 0.6 is 0 Å². The monoisotopic (exact) mass is 156 g/mol. The summed E-state index contributed by atoms with van der Waals surface area (Å²) in [6.45, 7) is 3.85. The van der Waals surface area contributed by atoms with Crippen molar-refractivity contribution in [2.75, 3.05) is 5.73 Å². The number of hydrogen-bond donors (Lipinski definition) is 1. The van der Waals surface area contributed by atoms with Crippen LogP contribution in [0.1, 0.15) is 5.56 Å². The van der Waals surface area contributed by atoms with Crippen molar-refractivity contribution in [1.82, 2.24) is 0 Å². The molecular weight excluding hydrogens is 146 g/mol. The van der Waals surface area contributed by atoms with Crippen LogP contribution in [0.15, 0.2) is 36.4 Å².